The Morgan fingerprint density at radius 2 is 2.24 bits per heavy atom. The molecule has 5 heteroatoms. The van der Waals surface area contributed by atoms with Gasteiger partial charge < -0.3 is 15.2 Å². The summed E-state index contributed by atoms with van der Waals surface area (Å²) in [6.45, 7) is 6.67. The number of rotatable bonds is 4. The molecule has 2 aliphatic rings. The summed E-state index contributed by atoms with van der Waals surface area (Å²) >= 11 is 3.41. The lowest BCUT2D eigenvalue weighted by atomic mass is 9.93. The van der Waals surface area contributed by atoms with Gasteiger partial charge in [0.15, 0.2) is 11.5 Å². The average Bonchev–Trinajstić information content (AvgIpc) is 3.02. The second-order valence-corrected chi connectivity index (χ2v) is 6.97. The zero-order chi connectivity index (χ0) is 15.0. The van der Waals surface area contributed by atoms with Crippen LogP contribution in [0.25, 0.3) is 0 Å². The summed E-state index contributed by atoms with van der Waals surface area (Å²) < 4.78 is 5.95. The van der Waals surface area contributed by atoms with Crippen LogP contribution in [0.5, 0.6) is 11.5 Å². The van der Waals surface area contributed by atoms with Gasteiger partial charge in [-0.2, -0.15) is 0 Å². The second-order valence-electron chi connectivity index (χ2n) is 6.12. The number of phenolic OH excluding ortho intramolecular Hbond substituents is 1. The Morgan fingerprint density at radius 3 is 2.95 bits per heavy atom. The van der Waals surface area contributed by atoms with Gasteiger partial charge >= 0.3 is 0 Å². The lowest BCUT2D eigenvalue weighted by molar-refractivity contribution is 0.210. The van der Waals surface area contributed by atoms with Crippen molar-refractivity contribution in [3.8, 4) is 11.5 Å². The van der Waals surface area contributed by atoms with E-state index < -0.39 is 0 Å². The summed E-state index contributed by atoms with van der Waals surface area (Å²) in [4.78, 5) is 2.59. The number of hydrogen-bond acceptors (Lipinski definition) is 4. The van der Waals surface area contributed by atoms with Crippen LogP contribution < -0.4 is 10.1 Å². The number of aromatic hydroxyl groups is 1. The van der Waals surface area contributed by atoms with E-state index >= 15 is 0 Å². The van der Waals surface area contributed by atoms with E-state index in [9.17, 15) is 5.11 Å². The Labute approximate surface area is 134 Å². The van der Waals surface area contributed by atoms with E-state index in [0.717, 1.165) is 38.0 Å². The fourth-order valence-corrected chi connectivity index (χ4v) is 4.45. The largest absolute Gasteiger partial charge is 0.503 e. The monoisotopic (exact) mass is 354 g/mol. The molecule has 2 saturated heterocycles. The summed E-state index contributed by atoms with van der Waals surface area (Å²) in [5, 5.41) is 13.4. The van der Waals surface area contributed by atoms with Crippen molar-refractivity contribution in [2.24, 2.45) is 11.8 Å². The van der Waals surface area contributed by atoms with Crippen molar-refractivity contribution in [1.82, 2.24) is 10.2 Å². The maximum absolute atomic E-state index is 9.92. The molecule has 2 N–H and O–H groups in total. The SMILES string of the molecule is CCC1C2CNCC2CN1Cc1cc(Br)c(O)c(OC)c1. The van der Waals surface area contributed by atoms with E-state index in [0.29, 0.717) is 16.3 Å². The quantitative estimate of drug-likeness (QED) is 0.872. The number of nitrogens with one attached hydrogen (secondary N) is 1. The lowest BCUT2D eigenvalue weighted by Gasteiger charge is -2.27. The summed E-state index contributed by atoms with van der Waals surface area (Å²) in [5.74, 6) is 2.29. The topological polar surface area (TPSA) is 44.7 Å². The van der Waals surface area contributed by atoms with Crippen molar-refractivity contribution in [2.45, 2.75) is 25.9 Å². The third kappa shape index (κ3) is 2.79. The number of ether oxygens (including phenoxy) is 1. The van der Waals surface area contributed by atoms with Crippen molar-refractivity contribution in [1.29, 1.82) is 0 Å². The fraction of sp³-hybridized carbons (Fsp3) is 0.625. The van der Waals surface area contributed by atoms with Gasteiger partial charge in [0.25, 0.3) is 0 Å². The molecule has 4 nitrogen and oxygen atoms in total. The Balaban J connectivity index is 1.79. The van der Waals surface area contributed by atoms with Crippen molar-refractivity contribution >= 4 is 15.9 Å². The first-order valence-corrected chi connectivity index (χ1v) is 8.43. The highest BCUT2D eigenvalue weighted by Gasteiger charge is 2.42. The van der Waals surface area contributed by atoms with Crippen molar-refractivity contribution in [2.75, 3.05) is 26.7 Å². The zero-order valence-corrected chi connectivity index (χ0v) is 14.2. The standard InChI is InChI=1S/C16H23BrN2O2/c1-3-14-12-7-18-6-11(12)9-19(14)8-10-4-13(17)16(20)15(5-10)21-2/h4-5,11-12,14,18,20H,3,6-9H2,1-2H3. The van der Waals surface area contributed by atoms with Crippen LogP contribution in [-0.2, 0) is 6.54 Å². The Kier molecular flexibility index (Phi) is 4.43. The Morgan fingerprint density at radius 1 is 1.43 bits per heavy atom. The molecule has 0 spiro atoms. The molecule has 116 valence electrons. The van der Waals surface area contributed by atoms with Crippen LogP contribution in [0.4, 0.5) is 0 Å². The number of phenols is 1. The van der Waals surface area contributed by atoms with Gasteiger partial charge in [-0.3, -0.25) is 4.90 Å². The fourth-order valence-electron chi connectivity index (χ4n) is 3.96. The van der Waals surface area contributed by atoms with Gasteiger partial charge in [0, 0.05) is 19.1 Å². The van der Waals surface area contributed by atoms with Crippen LogP contribution in [0, 0.1) is 11.8 Å². The van der Waals surface area contributed by atoms with Gasteiger partial charge in [-0.25, -0.2) is 0 Å². The first kappa shape index (κ1) is 15.1. The van der Waals surface area contributed by atoms with Gasteiger partial charge in [0.2, 0.25) is 0 Å². The zero-order valence-electron chi connectivity index (χ0n) is 12.6. The van der Waals surface area contributed by atoms with Crippen molar-refractivity contribution < 1.29 is 9.84 Å². The Hall–Kier alpha value is -0.780. The number of nitrogens with zero attached hydrogens (tertiary/aromatic N) is 1. The van der Waals surface area contributed by atoms with Gasteiger partial charge in [0.1, 0.15) is 0 Å². The van der Waals surface area contributed by atoms with Crippen LogP contribution in [0.3, 0.4) is 0 Å². The molecule has 2 aliphatic heterocycles. The van der Waals surface area contributed by atoms with Crippen LogP contribution in [0.1, 0.15) is 18.9 Å². The second kappa shape index (κ2) is 6.15. The summed E-state index contributed by atoms with van der Waals surface area (Å²) in [6, 6.07) is 4.60. The van der Waals surface area contributed by atoms with Gasteiger partial charge in [-0.1, -0.05) is 6.92 Å². The minimum atomic E-state index is 0.177. The van der Waals surface area contributed by atoms with E-state index in [4.69, 9.17) is 4.74 Å². The number of likely N-dealkylation sites (tertiary alicyclic amines) is 1. The highest BCUT2D eigenvalue weighted by molar-refractivity contribution is 9.10. The molecule has 1 aromatic rings. The smallest absolute Gasteiger partial charge is 0.172 e. The normalized spacial score (nSPS) is 28.8. The van der Waals surface area contributed by atoms with E-state index in [-0.39, 0.29) is 5.75 Å². The molecule has 1 aromatic carbocycles. The lowest BCUT2D eigenvalue weighted by Crippen LogP contribution is -2.34. The third-order valence-electron chi connectivity index (χ3n) is 4.94. The Bertz CT molecular complexity index is 523. The van der Waals surface area contributed by atoms with Crippen LogP contribution in [0.15, 0.2) is 16.6 Å². The molecule has 0 amide bonds. The molecule has 3 unspecified atom stereocenters. The molecule has 21 heavy (non-hydrogen) atoms. The maximum atomic E-state index is 9.92. The average molecular weight is 355 g/mol. The molecule has 0 saturated carbocycles. The van der Waals surface area contributed by atoms with Gasteiger partial charge in [-0.05, 0) is 65.0 Å². The molecule has 0 aromatic heterocycles. The first-order valence-electron chi connectivity index (χ1n) is 7.64. The number of methoxy groups -OCH3 is 1. The van der Waals surface area contributed by atoms with Crippen LogP contribution in [-0.4, -0.2) is 42.8 Å². The molecule has 3 rings (SSSR count). The molecular weight excluding hydrogens is 332 g/mol. The molecular formula is C16H23BrN2O2. The predicted octanol–water partition coefficient (Wildman–Crippen LogP) is 2.59. The van der Waals surface area contributed by atoms with E-state index in [1.165, 1.54) is 12.0 Å². The minimum Gasteiger partial charge on any atom is -0.503 e. The highest BCUT2D eigenvalue weighted by Crippen LogP contribution is 2.38. The van der Waals surface area contributed by atoms with E-state index in [1.54, 1.807) is 7.11 Å². The van der Waals surface area contributed by atoms with Crippen LogP contribution in [0.2, 0.25) is 0 Å². The van der Waals surface area contributed by atoms with E-state index in [1.807, 2.05) is 12.1 Å². The highest BCUT2D eigenvalue weighted by atomic mass is 79.9. The van der Waals surface area contributed by atoms with Crippen molar-refractivity contribution in [3.05, 3.63) is 22.2 Å². The third-order valence-corrected chi connectivity index (χ3v) is 5.54. The van der Waals surface area contributed by atoms with E-state index in [2.05, 4.69) is 33.1 Å². The number of fused-ring (bicyclic) bond motifs is 1. The minimum absolute atomic E-state index is 0.177. The number of halogens is 1. The van der Waals surface area contributed by atoms with Gasteiger partial charge in [0.05, 0.1) is 11.6 Å². The first-order chi connectivity index (χ1) is 10.1. The molecule has 0 bridgehead atoms. The summed E-state index contributed by atoms with van der Waals surface area (Å²) in [7, 11) is 1.59. The molecule has 3 atom stereocenters. The molecule has 2 heterocycles. The number of benzene rings is 1. The maximum Gasteiger partial charge on any atom is 0.172 e. The molecule has 2 fully saturated rings. The summed E-state index contributed by atoms with van der Waals surface area (Å²) in [5.41, 5.74) is 1.18. The summed E-state index contributed by atoms with van der Waals surface area (Å²) in [6.07, 6.45) is 1.19. The van der Waals surface area contributed by atoms with Gasteiger partial charge in [-0.15, -0.1) is 0 Å². The molecule has 0 aliphatic carbocycles. The number of hydrogen-bond donors (Lipinski definition) is 2. The van der Waals surface area contributed by atoms with Crippen LogP contribution >= 0.6 is 15.9 Å². The van der Waals surface area contributed by atoms with Crippen molar-refractivity contribution in [3.63, 3.8) is 0 Å². The molecule has 0 radical (unpaired) electrons. The predicted molar refractivity (Wildman–Crippen MR) is 86.7 cm³/mol.